The van der Waals surface area contributed by atoms with Gasteiger partial charge in [0, 0.05) is 12.1 Å². The molecule has 2 rings (SSSR count). The van der Waals surface area contributed by atoms with Gasteiger partial charge in [-0.05, 0) is 12.1 Å². The third-order valence-corrected chi connectivity index (χ3v) is 2.49. The molecule has 1 aromatic carbocycles. The van der Waals surface area contributed by atoms with E-state index in [1.54, 1.807) is 12.1 Å². The van der Waals surface area contributed by atoms with Crippen LogP contribution in [0.1, 0.15) is 16.1 Å². The Morgan fingerprint density at radius 2 is 1.76 bits per heavy atom. The lowest BCUT2D eigenvalue weighted by Gasteiger charge is -2.03. The molecule has 0 fully saturated rings. The van der Waals surface area contributed by atoms with E-state index in [1.165, 1.54) is 6.26 Å². The molecule has 0 saturated heterocycles. The molecule has 21 heavy (non-hydrogen) atoms. The molecule has 0 aliphatic carbocycles. The van der Waals surface area contributed by atoms with Gasteiger partial charge in [0.2, 0.25) is 0 Å². The second-order valence-corrected chi connectivity index (χ2v) is 3.91. The Kier molecular flexibility index (Phi) is 3.93. The van der Waals surface area contributed by atoms with Gasteiger partial charge in [0.1, 0.15) is 12.4 Å². The zero-order valence-corrected chi connectivity index (χ0v) is 10.4. The van der Waals surface area contributed by atoms with Crippen LogP contribution >= 0.6 is 0 Å². The van der Waals surface area contributed by atoms with Crippen molar-refractivity contribution in [2.75, 3.05) is 0 Å². The van der Waals surface area contributed by atoms with Crippen molar-refractivity contribution in [1.82, 2.24) is 0 Å². The molecule has 9 nitrogen and oxygen atoms in total. The first-order valence-corrected chi connectivity index (χ1v) is 5.61. The second-order valence-electron chi connectivity index (χ2n) is 3.91. The number of hydrogen-bond donors (Lipinski definition) is 0. The summed E-state index contributed by atoms with van der Waals surface area (Å²) >= 11 is 0. The summed E-state index contributed by atoms with van der Waals surface area (Å²) in [6, 6.07) is 5.77. The van der Waals surface area contributed by atoms with E-state index in [2.05, 4.69) is 0 Å². The van der Waals surface area contributed by atoms with Gasteiger partial charge < -0.3 is 9.15 Å². The first-order chi connectivity index (χ1) is 9.97. The smallest absolute Gasteiger partial charge is 0.339 e. The third-order valence-electron chi connectivity index (χ3n) is 2.49. The van der Waals surface area contributed by atoms with Crippen molar-refractivity contribution in [2.45, 2.75) is 6.61 Å². The van der Waals surface area contributed by atoms with Crippen LogP contribution in [0.2, 0.25) is 0 Å². The van der Waals surface area contributed by atoms with Crippen LogP contribution in [0.15, 0.2) is 41.0 Å². The highest BCUT2D eigenvalue weighted by Gasteiger charge is 2.20. The van der Waals surface area contributed by atoms with Crippen LogP contribution in [0.3, 0.4) is 0 Å². The van der Waals surface area contributed by atoms with Gasteiger partial charge in [-0.15, -0.1) is 0 Å². The number of ether oxygens (including phenoxy) is 1. The molecule has 0 saturated carbocycles. The number of non-ortho nitro benzene ring substituents is 2. The predicted molar refractivity (Wildman–Crippen MR) is 67.6 cm³/mol. The Morgan fingerprint density at radius 1 is 1.14 bits per heavy atom. The minimum Gasteiger partial charge on any atom is -0.466 e. The molecule has 108 valence electrons. The Bertz CT molecular complexity index is 661. The highest BCUT2D eigenvalue weighted by molar-refractivity contribution is 5.91. The van der Waals surface area contributed by atoms with Crippen molar-refractivity contribution >= 4 is 17.3 Å². The molecular weight excluding hydrogens is 284 g/mol. The predicted octanol–water partition coefficient (Wildman–Crippen LogP) is 2.45. The summed E-state index contributed by atoms with van der Waals surface area (Å²) in [4.78, 5) is 31.6. The Hall–Kier alpha value is -3.23. The zero-order chi connectivity index (χ0) is 15.4. The number of furan rings is 1. The first kappa shape index (κ1) is 14.2. The van der Waals surface area contributed by atoms with Crippen LogP contribution in [0, 0.1) is 20.2 Å². The lowest BCUT2D eigenvalue weighted by atomic mass is 10.2. The minimum absolute atomic E-state index is 0.178. The van der Waals surface area contributed by atoms with Gasteiger partial charge in [-0.2, -0.15) is 0 Å². The van der Waals surface area contributed by atoms with Crippen molar-refractivity contribution in [3.8, 4) is 0 Å². The highest BCUT2D eigenvalue weighted by atomic mass is 16.6. The molecule has 1 aromatic heterocycles. The van der Waals surface area contributed by atoms with Crippen molar-refractivity contribution in [2.24, 2.45) is 0 Å². The average Bonchev–Trinajstić information content (AvgIpc) is 2.97. The highest BCUT2D eigenvalue weighted by Crippen LogP contribution is 2.23. The van der Waals surface area contributed by atoms with Gasteiger partial charge in [-0.1, -0.05) is 0 Å². The van der Waals surface area contributed by atoms with Crippen LogP contribution in [0.5, 0.6) is 0 Å². The number of nitro benzene ring substituents is 2. The van der Waals surface area contributed by atoms with E-state index in [-0.39, 0.29) is 12.2 Å². The van der Waals surface area contributed by atoms with Crippen molar-refractivity contribution in [3.63, 3.8) is 0 Å². The molecule has 0 N–H and O–H groups in total. The van der Waals surface area contributed by atoms with E-state index in [0.29, 0.717) is 5.76 Å². The molecule has 9 heteroatoms. The van der Waals surface area contributed by atoms with Crippen LogP contribution in [-0.2, 0) is 11.3 Å². The van der Waals surface area contributed by atoms with E-state index in [0.717, 1.165) is 18.2 Å². The maximum Gasteiger partial charge on any atom is 0.339 e. The van der Waals surface area contributed by atoms with Crippen molar-refractivity contribution in [3.05, 3.63) is 68.1 Å². The molecule has 0 radical (unpaired) electrons. The number of nitrogens with zero attached hydrogens (tertiary/aromatic N) is 2. The quantitative estimate of drug-likeness (QED) is 0.470. The molecule has 0 amide bonds. The van der Waals surface area contributed by atoms with Crippen molar-refractivity contribution in [1.29, 1.82) is 0 Å². The molecular formula is C12H8N2O7. The zero-order valence-electron chi connectivity index (χ0n) is 10.4. The Labute approximate surface area is 117 Å². The third kappa shape index (κ3) is 3.41. The lowest BCUT2D eigenvalue weighted by molar-refractivity contribution is -0.394. The van der Waals surface area contributed by atoms with Crippen LogP contribution in [0.4, 0.5) is 11.4 Å². The fourth-order valence-corrected chi connectivity index (χ4v) is 1.54. The van der Waals surface area contributed by atoms with Gasteiger partial charge >= 0.3 is 5.97 Å². The lowest BCUT2D eigenvalue weighted by Crippen LogP contribution is -2.06. The summed E-state index contributed by atoms with van der Waals surface area (Å²) in [5.74, 6) is -0.540. The summed E-state index contributed by atoms with van der Waals surface area (Å²) in [6.45, 7) is -0.178. The minimum atomic E-state index is -0.918. The van der Waals surface area contributed by atoms with Gasteiger partial charge in [0.05, 0.1) is 27.7 Å². The number of benzene rings is 1. The van der Waals surface area contributed by atoms with Gasteiger partial charge in [0.15, 0.2) is 0 Å². The Balaban J connectivity index is 2.23. The SMILES string of the molecule is O=C(OCc1ccco1)c1cc([N+](=O)[O-])cc([N+](=O)[O-])c1. The molecule has 0 unspecified atom stereocenters. The molecule has 0 bridgehead atoms. The standard InChI is InChI=1S/C12H8N2O7/c15-12(21-7-11-2-1-3-20-11)8-4-9(13(16)17)6-10(5-8)14(18)19/h1-6H,7H2. The fraction of sp³-hybridized carbons (Fsp3) is 0.0833. The molecule has 2 aromatic rings. The number of rotatable bonds is 5. The average molecular weight is 292 g/mol. The number of carbonyl (C=O) groups excluding carboxylic acids is 1. The number of hydrogen-bond acceptors (Lipinski definition) is 7. The van der Waals surface area contributed by atoms with Crippen LogP contribution in [-0.4, -0.2) is 15.8 Å². The van der Waals surface area contributed by atoms with Gasteiger partial charge in [-0.25, -0.2) is 4.79 Å². The van der Waals surface area contributed by atoms with Crippen LogP contribution < -0.4 is 0 Å². The Morgan fingerprint density at radius 3 is 2.24 bits per heavy atom. The number of esters is 1. The maximum atomic E-state index is 11.8. The monoisotopic (exact) mass is 292 g/mol. The topological polar surface area (TPSA) is 126 Å². The molecule has 1 heterocycles. The molecule has 0 spiro atoms. The van der Waals surface area contributed by atoms with E-state index in [1.807, 2.05) is 0 Å². The normalized spacial score (nSPS) is 10.1. The summed E-state index contributed by atoms with van der Waals surface area (Å²) < 4.78 is 9.81. The van der Waals surface area contributed by atoms with E-state index in [9.17, 15) is 25.0 Å². The van der Waals surface area contributed by atoms with Crippen molar-refractivity contribution < 1.29 is 23.8 Å². The largest absolute Gasteiger partial charge is 0.466 e. The number of nitro groups is 2. The molecule has 0 aliphatic heterocycles. The summed E-state index contributed by atoms with van der Waals surface area (Å²) in [5.41, 5.74) is -1.40. The number of carbonyl (C=O) groups is 1. The summed E-state index contributed by atoms with van der Waals surface area (Å²) in [7, 11) is 0. The van der Waals surface area contributed by atoms with Gasteiger partial charge in [-0.3, -0.25) is 20.2 Å². The summed E-state index contributed by atoms with van der Waals surface area (Å²) in [5, 5.41) is 21.4. The van der Waals surface area contributed by atoms with E-state index in [4.69, 9.17) is 9.15 Å². The van der Waals surface area contributed by atoms with E-state index < -0.39 is 27.2 Å². The van der Waals surface area contributed by atoms with Crippen LogP contribution in [0.25, 0.3) is 0 Å². The van der Waals surface area contributed by atoms with Gasteiger partial charge in [0.25, 0.3) is 11.4 Å². The second kappa shape index (κ2) is 5.82. The summed E-state index contributed by atoms with van der Waals surface area (Å²) in [6.07, 6.45) is 1.39. The van der Waals surface area contributed by atoms with E-state index >= 15 is 0 Å². The maximum absolute atomic E-state index is 11.8. The first-order valence-electron chi connectivity index (χ1n) is 5.61. The molecule has 0 aliphatic rings. The fourth-order valence-electron chi connectivity index (χ4n) is 1.54. The molecule has 0 atom stereocenters.